The first kappa shape index (κ1) is 20.8. The van der Waals surface area contributed by atoms with Gasteiger partial charge in [0.1, 0.15) is 0 Å². The van der Waals surface area contributed by atoms with Gasteiger partial charge >= 0.3 is 0 Å². The predicted octanol–water partition coefficient (Wildman–Crippen LogP) is 4.04. The van der Waals surface area contributed by atoms with Gasteiger partial charge < -0.3 is 11.1 Å². The molecule has 2 atom stereocenters. The van der Waals surface area contributed by atoms with Gasteiger partial charge in [0, 0.05) is 29.3 Å². The molecule has 2 aromatic heterocycles. The number of benzene rings is 2. The van der Waals surface area contributed by atoms with Gasteiger partial charge in [0.2, 0.25) is 5.91 Å². The maximum Gasteiger partial charge on any atom is 0.220 e. The van der Waals surface area contributed by atoms with Crippen LogP contribution in [0.5, 0.6) is 0 Å². The van der Waals surface area contributed by atoms with Gasteiger partial charge in [0.05, 0.1) is 21.4 Å². The minimum Gasteiger partial charge on any atom is -0.369 e. The van der Waals surface area contributed by atoms with Crippen molar-refractivity contribution >= 4 is 27.5 Å². The lowest BCUT2D eigenvalue weighted by Gasteiger charge is -2.19. The number of carbonyl (C=O) groups is 1. The number of nitrogens with one attached hydrogen (secondary N) is 2. The van der Waals surface area contributed by atoms with Crippen LogP contribution in [0.3, 0.4) is 0 Å². The van der Waals surface area contributed by atoms with Crippen LogP contribution in [0.4, 0.5) is 0 Å². The van der Waals surface area contributed by atoms with Crippen molar-refractivity contribution in [2.45, 2.75) is 31.6 Å². The number of rotatable bonds is 3. The summed E-state index contributed by atoms with van der Waals surface area (Å²) in [6, 6.07) is 16.9. The summed E-state index contributed by atoms with van der Waals surface area (Å²) in [6.07, 6.45) is 3.61. The van der Waals surface area contributed by atoms with Gasteiger partial charge in [-0.2, -0.15) is 5.10 Å². The average molecular weight is 446 g/mol. The number of amides is 1. The number of hydrogen-bond donors (Lipinski definition) is 3. The number of H-pyrrole nitrogens is 1. The van der Waals surface area contributed by atoms with Crippen molar-refractivity contribution in [2.24, 2.45) is 11.7 Å². The molecule has 1 saturated heterocycles. The Morgan fingerprint density at radius 2 is 2.00 bits per heavy atom. The number of fused-ring (bicyclic) bond motifs is 2. The van der Waals surface area contributed by atoms with E-state index in [-0.39, 0.29) is 11.8 Å². The number of primary amides is 1. The van der Waals surface area contributed by atoms with Crippen LogP contribution in [0.25, 0.3) is 21.5 Å². The molecule has 3 heterocycles. The molecule has 6 nitrogen and oxygen atoms in total. The van der Waals surface area contributed by atoms with Gasteiger partial charge in [-0.15, -0.1) is 11.3 Å². The number of aromatic nitrogens is 3. The molecule has 0 radical (unpaired) electrons. The topological polar surface area (TPSA) is 96.7 Å². The Morgan fingerprint density at radius 1 is 1.12 bits per heavy atom. The van der Waals surface area contributed by atoms with E-state index in [0.29, 0.717) is 6.42 Å². The first-order valence-electron chi connectivity index (χ1n) is 11.1. The summed E-state index contributed by atoms with van der Waals surface area (Å²) in [6.45, 7) is 2.34. The Morgan fingerprint density at radius 3 is 2.78 bits per heavy atom. The van der Waals surface area contributed by atoms with Gasteiger partial charge in [-0.3, -0.25) is 9.89 Å². The number of carbonyl (C=O) groups excluding carboxylic acids is 1. The van der Waals surface area contributed by atoms with E-state index < -0.39 is 0 Å². The van der Waals surface area contributed by atoms with Gasteiger partial charge in [-0.1, -0.05) is 36.4 Å². The largest absolute Gasteiger partial charge is 0.369 e. The summed E-state index contributed by atoms with van der Waals surface area (Å²) in [5.74, 6) is 0.461. The number of aromatic amines is 1. The van der Waals surface area contributed by atoms with E-state index in [4.69, 9.17) is 5.73 Å². The summed E-state index contributed by atoms with van der Waals surface area (Å²) in [5, 5.41) is 10.9. The van der Waals surface area contributed by atoms with Crippen LogP contribution in [-0.2, 0) is 17.6 Å². The number of nitrogens with two attached hydrogens (primary N) is 1. The van der Waals surface area contributed by atoms with Crippen molar-refractivity contribution < 1.29 is 4.79 Å². The summed E-state index contributed by atoms with van der Waals surface area (Å²) >= 11 is 1.62. The Balaban J connectivity index is 0.000000165. The van der Waals surface area contributed by atoms with Crippen molar-refractivity contribution in [1.82, 2.24) is 20.5 Å². The molecule has 0 bridgehead atoms. The molecular weight excluding hydrogens is 418 g/mol. The summed E-state index contributed by atoms with van der Waals surface area (Å²) in [5.41, 5.74) is 14.1. The van der Waals surface area contributed by atoms with Crippen LogP contribution in [0.15, 0.2) is 54.0 Å². The average Bonchev–Trinajstić information content (AvgIpc) is 3.60. The van der Waals surface area contributed by atoms with E-state index in [1.807, 2.05) is 17.6 Å². The fourth-order valence-corrected chi connectivity index (χ4v) is 5.36. The lowest BCUT2D eigenvalue weighted by molar-refractivity contribution is -0.122. The second kappa shape index (κ2) is 9.22. The normalized spacial score (nSPS) is 19.9. The zero-order valence-corrected chi connectivity index (χ0v) is 18.7. The van der Waals surface area contributed by atoms with Crippen molar-refractivity contribution in [3.05, 3.63) is 70.9 Å². The highest BCUT2D eigenvalue weighted by atomic mass is 32.1. The molecule has 1 amide bonds. The van der Waals surface area contributed by atoms with E-state index in [9.17, 15) is 4.79 Å². The molecule has 164 valence electrons. The predicted molar refractivity (Wildman–Crippen MR) is 129 cm³/mol. The molecule has 0 saturated carbocycles. The highest BCUT2D eigenvalue weighted by Crippen LogP contribution is 2.33. The van der Waals surface area contributed by atoms with E-state index in [1.165, 1.54) is 18.5 Å². The third-order valence-electron chi connectivity index (χ3n) is 6.48. The van der Waals surface area contributed by atoms with E-state index in [1.54, 1.807) is 11.3 Å². The Bertz CT molecular complexity index is 1210. The minimum absolute atomic E-state index is 0.0824. The molecule has 2 aromatic carbocycles. The van der Waals surface area contributed by atoms with Gasteiger partial charge in [0.15, 0.2) is 0 Å². The van der Waals surface area contributed by atoms with Crippen LogP contribution < -0.4 is 11.1 Å². The molecule has 1 aliphatic heterocycles. The van der Waals surface area contributed by atoms with Crippen molar-refractivity contribution in [3.63, 3.8) is 0 Å². The molecular formula is C25H27N5OS. The minimum atomic E-state index is -0.217. The molecule has 2 aliphatic rings. The number of aryl methyl sites for hydroxylation is 1. The quantitative estimate of drug-likeness (QED) is 0.443. The van der Waals surface area contributed by atoms with E-state index in [2.05, 4.69) is 56.9 Å². The second-order valence-electron chi connectivity index (χ2n) is 8.51. The number of nitrogens with zero attached hydrogens (tertiary/aromatic N) is 2. The van der Waals surface area contributed by atoms with Crippen molar-refractivity contribution in [3.8, 4) is 11.3 Å². The second-order valence-corrected chi connectivity index (χ2v) is 9.39. The van der Waals surface area contributed by atoms with Gasteiger partial charge in [0.25, 0.3) is 0 Å². The Kier molecular flexibility index (Phi) is 6.01. The third-order valence-corrected chi connectivity index (χ3v) is 7.28. The Labute approximate surface area is 191 Å². The SMILES string of the molecule is NC(=O)C1CCc2[nH]nc(-c3ccc4ncsc4c3)c2C1.c1ccc(C2CCNC2)cc1. The zero-order chi connectivity index (χ0) is 21.9. The van der Waals surface area contributed by atoms with Crippen LogP contribution >= 0.6 is 11.3 Å². The lowest BCUT2D eigenvalue weighted by atomic mass is 9.85. The molecule has 1 fully saturated rings. The van der Waals surface area contributed by atoms with Crippen molar-refractivity contribution in [2.75, 3.05) is 13.1 Å². The van der Waals surface area contributed by atoms with Crippen LogP contribution in [0, 0.1) is 5.92 Å². The van der Waals surface area contributed by atoms with Gasteiger partial charge in [-0.05, 0) is 55.8 Å². The standard InChI is InChI=1S/C15H14N4OS.C10H13N/c16-15(20)9-2-3-11-10(5-9)14(19-18-11)8-1-4-12-13(6-8)21-7-17-12;1-2-4-9(5-3-1)10-6-7-11-8-10/h1,4,6-7,9H,2-3,5H2,(H2,16,20)(H,18,19);1-5,10-11H,6-8H2. The maximum absolute atomic E-state index is 11.5. The summed E-state index contributed by atoms with van der Waals surface area (Å²) in [4.78, 5) is 15.8. The Hall–Kier alpha value is -3.03. The molecule has 7 heteroatoms. The van der Waals surface area contributed by atoms with Gasteiger partial charge in [-0.25, -0.2) is 4.98 Å². The summed E-state index contributed by atoms with van der Waals surface area (Å²) in [7, 11) is 0. The fourth-order valence-electron chi connectivity index (χ4n) is 4.64. The molecule has 1 aliphatic carbocycles. The highest BCUT2D eigenvalue weighted by molar-refractivity contribution is 7.16. The molecule has 0 spiro atoms. The van der Waals surface area contributed by atoms with Crippen LogP contribution in [-0.4, -0.2) is 34.2 Å². The molecule has 4 aromatic rings. The lowest BCUT2D eigenvalue weighted by Crippen LogP contribution is -2.28. The molecule has 6 rings (SSSR count). The van der Waals surface area contributed by atoms with Crippen molar-refractivity contribution in [1.29, 1.82) is 0 Å². The van der Waals surface area contributed by atoms with E-state index in [0.717, 1.165) is 58.0 Å². The zero-order valence-electron chi connectivity index (χ0n) is 17.9. The molecule has 4 N–H and O–H groups in total. The fraction of sp³-hybridized carbons (Fsp3) is 0.320. The number of hydrogen-bond acceptors (Lipinski definition) is 5. The molecule has 2 unspecified atom stereocenters. The maximum atomic E-state index is 11.5. The highest BCUT2D eigenvalue weighted by Gasteiger charge is 2.27. The monoisotopic (exact) mass is 445 g/mol. The molecule has 32 heavy (non-hydrogen) atoms. The smallest absolute Gasteiger partial charge is 0.220 e. The summed E-state index contributed by atoms with van der Waals surface area (Å²) < 4.78 is 1.14. The number of thiazole rings is 1. The first-order valence-corrected chi connectivity index (χ1v) is 12.0. The van der Waals surface area contributed by atoms with E-state index >= 15 is 0 Å². The third kappa shape index (κ3) is 4.31. The van der Waals surface area contributed by atoms with Crippen LogP contribution in [0.2, 0.25) is 0 Å². The first-order chi connectivity index (χ1) is 15.7. The van der Waals surface area contributed by atoms with Crippen LogP contribution in [0.1, 0.15) is 35.6 Å².